The molecular formula is C30H47NO3. The standard InChI is InChI=1S/C30H47NO3/c1-25(2)21-8-11-30(7)23(28(21,5)10-9-22(25)31)20(32)16-18-19-17-27(4,24(33)34)13-12-26(19,3)14-15-29(18,30)6/h16,19,21-23H,8-15,17,31H2,1-7H3,(H,33,34)/t19-,21?,22?,23?,26+,27-,28-,29+,30+/m0/s1. The van der Waals surface area contributed by atoms with E-state index in [0.717, 1.165) is 51.4 Å². The van der Waals surface area contributed by atoms with Crippen molar-refractivity contribution < 1.29 is 14.7 Å². The Kier molecular flexibility index (Phi) is 5.04. The summed E-state index contributed by atoms with van der Waals surface area (Å²) in [6.07, 6.45) is 10.9. The molecule has 4 fully saturated rings. The van der Waals surface area contributed by atoms with Gasteiger partial charge in [-0.25, -0.2) is 0 Å². The summed E-state index contributed by atoms with van der Waals surface area (Å²) in [6.45, 7) is 16.2. The van der Waals surface area contributed by atoms with E-state index in [9.17, 15) is 14.7 Å². The van der Waals surface area contributed by atoms with Crippen LogP contribution in [0.15, 0.2) is 11.6 Å². The smallest absolute Gasteiger partial charge is 0.309 e. The van der Waals surface area contributed by atoms with Gasteiger partial charge in [0.2, 0.25) is 0 Å². The second-order valence-corrected chi connectivity index (χ2v) is 15.0. The number of hydrogen-bond donors (Lipinski definition) is 2. The predicted octanol–water partition coefficient (Wildman–Crippen LogP) is 6.38. The van der Waals surface area contributed by atoms with Crippen molar-refractivity contribution in [2.24, 2.45) is 56.0 Å². The van der Waals surface area contributed by atoms with Gasteiger partial charge in [-0.05, 0) is 110 Å². The van der Waals surface area contributed by atoms with Gasteiger partial charge in [0.25, 0.3) is 0 Å². The molecule has 0 heterocycles. The first-order valence-corrected chi connectivity index (χ1v) is 13.8. The highest BCUT2D eigenvalue weighted by molar-refractivity contribution is 5.95. The summed E-state index contributed by atoms with van der Waals surface area (Å²) in [5.74, 6) is 0.313. The third kappa shape index (κ3) is 2.81. The molecule has 0 saturated heterocycles. The Morgan fingerprint density at radius 2 is 1.59 bits per heavy atom. The van der Waals surface area contributed by atoms with E-state index in [0.29, 0.717) is 18.1 Å². The van der Waals surface area contributed by atoms with Crippen LogP contribution in [-0.2, 0) is 9.59 Å². The topological polar surface area (TPSA) is 80.4 Å². The third-order valence-corrected chi connectivity index (χ3v) is 13.2. The largest absolute Gasteiger partial charge is 0.481 e. The van der Waals surface area contributed by atoms with Crippen molar-refractivity contribution in [3.8, 4) is 0 Å². The van der Waals surface area contributed by atoms with Crippen molar-refractivity contribution in [3.63, 3.8) is 0 Å². The van der Waals surface area contributed by atoms with Crippen LogP contribution in [0.2, 0.25) is 0 Å². The zero-order valence-electron chi connectivity index (χ0n) is 22.6. The summed E-state index contributed by atoms with van der Waals surface area (Å²) >= 11 is 0. The summed E-state index contributed by atoms with van der Waals surface area (Å²) in [6, 6.07) is 0.196. The number of hydrogen-bond acceptors (Lipinski definition) is 3. The lowest BCUT2D eigenvalue weighted by Gasteiger charge is -2.70. The Morgan fingerprint density at radius 1 is 0.941 bits per heavy atom. The average molecular weight is 470 g/mol. The third-order valence-electron chi connectivity index (χ3n) is 13.2. The van der Waals surface area contributed by atoms with E-state index in [1.165, 1.54) is 5.57 Å². The molecule has 190 valence electrons. The molecule has 4 saturated carbocycles. The quantitative estimate of drug-likeness (QED) is 0.467. The highest BCUT2D eigenvalue weighted by Crippen LogP contribution is 2.75. The second kappa shape index (κ2) is 6.99. The van der Waals surface area contributed by atoms with Crippen molar-refractivity contribution in [1.29, 1.82) is 0 Å². The number of ketones is 1. The highest BCUT2D eigenvalue weighted by atomic mass is 16.4. The minimum Gasteiger partial charge on any atom is -0.481 e. The Balaban J connectivity index is 1.62. The Morgan fingerprint density at radius 3 is 2.24 bits per heavy atom. The lowest BCUT2D eigenvalue weighted by molar-refractivity contribution is -0.188. The van der Waals surface area contributed by atoms with Crippen LogP contribution in [0.3, 0.4) is 0 Å². The maximum absolute atomic E-state index is 14.2. The van der Waals surface area contributed by atoms with Crippen LogP contribution in [0.25, 0.3) is 0 Å². The van der Waals surface area contributed by atoms with E-state index in [4.69, 9.17) is 5.73 Å². The zero-order chi connectivity index (χ0) is 25.1. The van der Waals surface area contributed by atoms with Crippen molar-refractivity contribution in [3.05, 3.63) is 11.6 Å². The first-order chi connectivity index (χ1) is 15.6. The molecule has 34 heavy (non-hydrogen) atoms. The molecule has 0 aromatic rings. The summed E-state index contributed by atoms with van der Waals surface area (Å²) in [5, 5.41) is 10.1. The predicted molar refractivity (Wildman–Crippen MR) is 135 cm³/mol. The van der Waals surface area contributed by atoms with Crippen LogP contribution in [-0.4, -0.2) is 22.9 Å². The summed E-state index contributed by atoms with van der Waals surface area (Å²) < 4.78 is 0. The fraction of sp³-hybridized carbons (Fsp3) is 0.867. The van der Waals surface area contributed by atoms with Gasteiger partial charge in [-0.1, -0.05) is 47.1 Å². The molecule has 0 bridgehead atoms. The molecule has 3 unspecified atom stereocenters. The molecule has 5 aliphatic rings. The Bertz CT molecular complexity index is 968. The van der Waals surface area contributed by atoms with E-state index in [1.807, 2.05) is 6.92 Å². The number of fused-ring (bicyclic) bond motifs is 7. The number of carboxylic acid groups (broad SMARTS) is 1. The number of nitrogens with two attached hydrogens (primary N) is 1. The normalized spacial score (nSPS) is 54.1. The number of carboxylic acids is 1. The van der Waals surface area contributed by atoms with Gasteiger partial charge in [-0.15, -0.1) is 0 Å². The molecule has 5 aliphatic carbocycles. The van der Waals surface area contributed by atoms with Gasteiger partial charge in [-0.2, -0.15) is 0 Å². The summed E-state index contributed by atoms with van der Waals surface area (Å²) in [4.78, 5) is 26.5. The minimum atomic E-state index is -0.697. The maximum atomic E-state index is 14.2. The first kappa shape index (κ1) is 24.5. The van der Waals surface area contributed by atoms with Gasteiger partial charge in [0, 0.05) is 12.0 Å². The zero-order valence-corrected chi connectivity index (χ0v) is 22.6. The fourth-order valence-corrected chi connectivity index (χ4v) is 10.4. The van der Waals surface area contributed by atoms with Crippen LogP contribution in [0.1, 0.15) is 106 Å². The monoisotopic (exact) mass is 469 g/mol. The lowest BCUT2D eigenvalue weighted by Crippen LogP contribution is -2.67. The van der Waals surface area contributed by atoms with Gasteiger partial charge >= 0.3 is 5.97 Å². The van der Waals surface area contributed by atoms with E-state index >= 15 is 0 Å². The van der Waals surface area contributed by atoms with Crippen molar-refractivity contribution in [2.45, 2.75) is 112 Å². The van der Waals surface area contributed by atoms with E-state index in [2.05, 4.69) is 47.6 Å². The average Bonchev–Trinajstić information content (AvgIpc) is 2.73. The van der Waals surface area contributed by atoms with Crippen LogP contribution < -0.4 is 5.73 Å². The summed E-state index contributed by atoms with van der Waals surface area (Å²) in [5.41, 5.74) is 7.21. The number of carbonyl (C=O) groups excluding carboxylic acids is 1. The van der Waals surface area contributed by atoms with Crippen LogP contribution >= 0.6 is 0 Å². The highest BCUT2D eigenvalue weighted by Gasteiger charge is 2.70. The molecule has 0 aromatic carbocycles. The minimum absolute atomic E-state index is 0.0260. The molecule has 0 spiro atoms. The SMILES string of the molecule is CC1(C)C(N)CC[C@@]2(C)C1CC[C@]1(C)C2C(=O)C=C2[C@@H]3C[C@@](C)(C(=O)O)CC[C@]3(C)CC[C@]21C. The van der Waals surface area contributed by atoms with Crippen LogP contribution in [0, 0.1) is 50.2 Å². The second-order valence-electron chi connectivity index (χ2n) is 15.0. The fourth-order valence-electron chi connectivity index (χ4n) is 10.4. The van der Waals surface area contributed by atoms with Crippen molar-refractivity contribution >= 4 is 11.8 Å². The van der Waals surface area contributed by atoms with Gasteiger partial charge in [0.15, 0.2) is 5.78 Å². The number of allylic oxidation sites excluding steroid dienone is 2. The molecule has 0 aliphatic heterocycles. The molecular weight excluding hydrogens is 422 g/mol. The van der Waals surface area contributed by atoms with E-state index in [-0.39, 0.29) is 45.0 Å². The number of rotatable bonds is 1. The summed E-state index contributed by atoms with van der Waals surface area (Å²) in [7, 11) is 0. The molecule has 0 amide bonds. The molecule has 5 rings (SSSR count). The molecule has 3 N–H and O–H groups in total. The molecule has 0 aromatic heterocycles. The van der Waals surface area contributed by atoms with Gasteiger partial charge < -0.3 is 10.8 Å². The maximum Gasteiger partial charge on any atom is 0.309 e. The lowest BCUT2D eigenvalue weighted by atomic mass is 9.33. The Labute approximate surface area is 206 Å². The van der Waals surface area contributed by atoms with E-state index in [1.54, 1.807) is 0 Å². The number of aliphatic carboxylic acids is 1. The van der Waals surface area contributed by atoms with Gasteiger partial charge in [0.1, 0.15) is 0 Å². The number of carbonyl (C=O) groups is 2. The van der Waals surface area contributed by atoms with Gasteiger partial charge in [-0.3, -0.25) is 9.59 Å². The van der Waals surface area contributed by atoms with E-state index < -0.39 is 11.4 Å². The Hall–Kier alpha value is -1.16. The van der Waals surface area contributed by atoms with Crippen molar-refractivity contribution in [1.82, 2.24) is 0 Å². The van der Waals surface area contributed by atoms with Gasteiger partial charge in [0.05, 0.1) is 5.41 Å². The first-order valence-electron chi connectivity index (χ1n) is 13.8. The van der Waals surface area contributed by atoms with Crippen LogP contribution in [0.4, 0.5) is 0 Å². The van der Waals surface area contributed by atoms with Crippen molar-refractivity contribution in [2.75, 3.05) is 0 Å². The van der Waals surface area contributed by atoms with Crippen LogP contribution in [0.5, 0.6) is 0 Å². The molecule has 9 atom stereocenters. The molecule has 4 heteroatoms. The molecule has 0 radical (unpaired) electrons. The molecule has 4 nitrogen and oxygen atoms in total.